The van der Waals surface area contributed by atoms with Crippen molar-refractivity contribution in [2.24, 2.45) is 0 Å². The van der Waals surface area contributed by atoms with Gasteiger partial charge < -0.3 is 15.8 Å². The van der Waals surface area contributed by atoms with E-state index in [4.69, 9.17) is 10.5 Å². The summed E-state index contributed by atoms with van der Waals surface area (Å²) in [6, 6.07) is 7.48. The zero-order valence-electron chi connectivity index (χ0n) is 11.1. The van der Waals surface area contributed by atoms with E-state index in [1.807, 2.05) is 18.2 Å². The molecular formula is C14H15BrN4O. The highest BCUT2D eigenvalue weighted by atomic mass is 79.9. The van der Waals surface area contributed by atoms with Crippen molar-refractivity contribution in [1.29, 1.82) is 0 Å². The molecular weight excluding hydrogens is 320 g/mol. The molecule has 1 heterocycles. The molecule has 3 N–H and O–H groups in total. The number of aromatic nitrogens is 2. The Balaban J connectivity index is 1.92. The van der Waals surface area contributed by atoms with Crippen molar-refractivity contribution in [1.82, 2.24) is 9.97 Å². The normalized spacial score (nSPS) is 14.1. The van der Waals surface area contributed by atoms with Gasteiger partial charge in [-0.15, -0.1) is 0 Å². The standard InChI is InChI=1S/C14H15BrN4O/c1-20-11-5-4-9(15)6-10(11)17-13-7-12(16)18-14(19-13)8-2-3-8/h4-8H,2-3H2,1H3,(H3,16,17,18,19). The van der Waals surface area contributed by atoms with Crippen LogP contribution in [0.15, 0.2) is 28.7 Å². The summed E-state index contributed by atoms with van der Waals surface area (Å²) in [4.78, 5) is 8.81. The Morgan fingerprint density at radius 1 is 1.30 bits per heavy atom. The molecule has 1 aromatic carbocycles. The van der Waals surface area contributed by atoms with E-state index >= 15 is 0 Å². The van der Waals surface area contributed by atoms with E-state index in [1.165, 1.54) is 0 Å². The predicted octanol–water partition coefficient (Wildman–Crippen LogP) is 3.45. The Hall–Kier alpha value is -1.82. The van der Waals surface area contributed by atoms with E-state index in [1.54, 1.807) is 13.2 Å². The number of benzene rings is 1. The van der Waals surface area contributed by atoms with Crippen LogP contribution in [0.3, 0.4) is 0 Å². The highest BCUT2D eigenvalue weighted by Gasteiger charge is 2.27. The average molecular weight is 335 g/mol. The maximum Gasteiger partial charge on any atom is 0.142 e. The van der Waals surface area contributed by atoms with Crippen molar-refractivity contribution in [3.8, 4) is 5.75 Å². The number of hydrogen-bond donors (Lipinski definition) is 2. The molecule has 0 amide bonds. The van der Waals surface area contributed by atoms with Gasteiger partial charge in [0, 0.05) is 16.5 Å². The molecule has 1 aliphatic carbocycles. The molecule has 0 unspecified atom stereocenters. The minimum absolute atomic E-state index is 0.462. The number of rotatable bonds is 4. The number of nitrogens with two attached hydrogens (primary N) is 1. The van der Waals surface area contributed by atoms with Gasteiger partial charge in [-0.3, -0.25) is 0 Å². The molecule has 2 aromatic rings. The number of nitrogens with one attached hydrogen (secondary N) is 1. The molecule has 0 atom stereocenters. The molecule has 104 valence electrons. The minimum Gasteiger partial charge on any atom is -0.495 e. The lowest BCUT2D eigenvalue weighted by atomic mass is 10.3. The summed E-state index contributed by atoms with van der Waals surface area (Å²) in [6.07, 6.45) is 2.28. The number of ether oxygens (including phenoxy) is 1. The number of nitrogens with zero attached hydrogens (tertiary/aromatic N) is 2. The van der Waals surface area contributed by atoms with Crippen molar-refractivity contribution in [3.63, 3.8) is 0 Å². The number of hydrogen-bond acceptors (Lipinski definition) is 5. The fraction of sp³-hybridized carbons (Fsp3) is 0.286. The summed E-state index contributed by atoms with van der Waals surface area (Å²) >= 11 is 3.45. The second kappa shape index (κ2) is 5.28. The first-order valence-corrected chi connectivity index (χ1v) is 7.20. The van der Waals surface area contributed by atoms with Crippen LogP contribution in [0.5, 0.6) is 5.75 Å². The van der Waals surface area contributed by atoms with Crippen molar-refractivity contribution in [3.05, 3.63) is 34.6 Å². The maximum atomic E-state index is 5.85. The van der Waals surface area contributed by atoms with Gasteiger partial charge in [0.15, 0.2) is 0 Å². The molecule has 0 spiro atoms. The van der Waals surface area contributed by atoms with Crippen LogP contribution in [0.25, 0.3) is 0 Å². The molecule has 0 radical (unpaired) electrons. The van der Waals surface area contributed by atoms with E-state index in [0.29, 0.717) is 17.6 Å². The molecule has 0 saturated heterocycles. The molecule has 3 rings (SSSR count). The van der Waals surface area contributed by atoms with E-state index in [-0.39, 0.29) is 0 Å². The number of nitrogen functional groups attached to an aromatic ring is 1. The first kappa shape index (κ1) is 13.2. The summed E-state index contributed by atoms with van der Waals surface area (Å²) in [6.45, 7) is 0. The summed E-state index contributed by atoms with van der Waals surface area (Å²) < 4.78 is 6.30. The van der Waals surface area contributed by atoms with Gasteiger partial charge in [-0.25, -0.2) is 9.97 Å². The van der Waals surface area contributed by atoms with Gasteiger partial charge in [0.2, 0.25) is 0 Å². The van der Waals surface area contributed by atoms with Gasteiger partial charge in [-0.2, -0.15) is 0 Å². The number of anilines is 3. The number of halogens is 1. The van der Waals surface area contributed by atoms with Crippen LogP contribution >= 0.6 is 15.9 Å². The third-order valence-corrected chi connectivity index (χ3v) is 3.62. The molecule has 6 heteroatoms. The molecule has 20 heavy (non-hydrogen) atoms. The van der Waals surface area contributed by atoms with Crippen molar-refractivity contribution in [2.75, 3.05) is 18.2 Å². The molecule has 5 nitrogen and oxygen atoms in total. The summed E-state index contributed by atoms with van der Waals surface area (Å²) in [5.41, 5.74) is 6.68. The van der Waals surface area contributed by atoms with Gasteiger partial charge in [-0.1, -0.05) is 15.9 Å². The Bertz CT molecular complexity index is 643. The molecule has 1 aliphatic rings. The molecule has 0 bridgehead atoms. The third kappa shape index (κ3) is 2.85. The van der Waals surface area contributed by atoms with Crippen molar-refractivity contribution >= 4 is 33.3 Å². The van der Waals surface area contributed by atoms with Crippen LogP contribution in [0.4, 0.5) is 17.3 Å². The van der Waals surface area contributed by atoms with Crippen molar-refractivity contribution < 1.29 is 4.74 Å². The van der Waals surface area contributed by atoms with Gasteiger partial charge >= 0.3 is 0 Å². The third-order valence-electron chi connectivity index (χ3n) is 3.13. The SMILES string of the molecule is COc1ccc(Br)cc1Nc1cc(N)nc(C2CC2)n1. The van der Waals surface area contributed by atoms with Crippen LogP contribution in [0.1, 0.15) is 24.6 Å². The first-order valence-electron chi connectivity index (χ1n) is 6.41. The van der Waals surface area contributed by atoms with Gasteiger partial charge in [0.25, 0.3) is 0 Å². The molecule has 1 saturated carbocycles. The predicted molar refractivity (Wildman–Crippen MR) is 82.4 cm³/mol. The maximum absolute atomic E-state index is 5.85. The smallest absolute Gasteiger partial charge is 0.142 e. The molecule has 1 fully saturated rings. The Kier molecular flexibility index (Phi) is 3.48. The van der Waals surface area contributed by atoms with Gasteiger partial charge in [0.1, 0.15) is 23.2 Å². The van der Waals surface area contributed by atoms with Crippen LogP contribution in [-0.4, -0.2) is 17.1 Å². The molecule has 0 aliphatic heterocycles. The zero-order chi connectivity index (χ0) is 14.1. The lowest BCUT2D eigenvalue weighted by Crippen LogP contribution is -2.03. The van der Waals surface area contributed by atoms with Crippen LogP contribution in [0.2, 0.25) is 0 Å². The quantitative estimate of drug-likeness (QED) is 0.895. The Morgan fingerprint density at radius 3 is 2.80 bits per heavy atom. The summed E-state index contributed by atoms with van der Waals surface area (Å²) in [7, 11) is 1.64. The highest BCUT2D eigenvalue weighted by molar-refractivity contribution is 9.10. The number of methoxy groups -OCH3 is 1. The lowest BCUT2D eigenvalue weighted by Gasteiger charge is -2.12. The largest absolute Gasteiger partial charge is 0.495 e. The van der Waals surface area contributed by atoms with Gasteiger partial charge in [0.05, 0.1) is 12.8 Å². The van der Waals surface area contributed by atoms with E-state index in [0.717, 1.165) is 34.6 Å². The monoisotopic (exact) mass is 334 g/mol. The van der Waals surface area contributed by atoms with Crippen LogP contribution in [0, 0.1) is 0 Å². The second-order valence-electron chi connectivity index (χ2n) is 4.78. The van der Waals surface area contributed by atoms with Crippen LogP contribution < -0.4 is 15.8 Å². The van der Waals surface area contributed by atoms with E-state index in [2.05, 4.69) is 31.2 Å². The Morgan fingerprint density at radius 2 is 2.10 bits per heavy atom. The fourth-order valence-electron chi connectivity index (χ4n) is 1.99. The average Bonchev–Trinajstić information content (AvgIpc) is 3.22. The topological polar surface area (TPSA) is 73.1 Å². The first-order chi connectivity index (χ1) is 9.65. The highest BCUT2D eigenvalue weighted by Crippen LogP contribution is 2.39. The molecule has 1 aromatic heterocycles. The zero-order valence-corrected chi connectivity index (χ0v) is 12.6. The van der Waals surface area contributed by atoms with Gasteiger partial charge in [-0.05, 0) is 31.0 Å². The van der Waals surface area contributed by atoms with E-state index in [9.17, 15) is 0 Å². The Labute approximate surface area is 125 Å². The second-order valence-corrected chi connectivity index (χ2v) is 5.70. The van der Waals surface area contributed by atoms with Crippen LogP contribution in [-0.2, 0) is 0 Å². The minimum atomic E-state index is 0.462. The lowest BCUT2D eigenvalue weighted by molar-refractivity contribution is 0.416. The summed E-state index contributed by atoms with van der Waals surface area (Å²) in [5, 5.41) is 3.24. The fourth-order valence-corrected chi connectivity index (χ4v) is 2.35. The van der Waals surface area contributed by atoms with Crippen molar-refractivity contribution in [2.45, 2.75) is 18.8 Å². The van der Waals surface area contributed by atoms with E-state index < -0.39 is 0 Å². The summed E-state index contributed by atoms with van der Waals surface area (Å²) in [5.74, 6) is 3.21.